The summed E-state index contributed by atoms with van der Waals surface area (Å²) in [7, 11) is 0. The van der Waals surface area contributed by atoms with Gasteiger partial charge < -0.3 is 14.1 Å². The third kappa shape index (κ3) is 3.89. The van der Waals surface area contributed by atoms with Crippen LogP contribution in [0.1, 0.15) is 23.2 Å². The molecule has 4 aromatic rings. The summed E-state index contributed by atoms with van der Waals surface area (Å²) >= 11 is 0. The van der Waals surface area contributed by atoms with Crippen LogP contribution in [-0.2, 0) is 0 Å². The zero-order valence-corrected chi connectivity index (χ0v) is 16.5. The van der Waals surface area contributed by atoms with Crippen LogP contribution in [0.2, 0.25) is 0 Å². The second-order valence-electron chi connectivity index (χ2n) is 7.28. The topological polar surface area (TPSA) is 103 Å². The Labute approximate surface area is 176 Å². The molecule has 0 bridgehead atoms. The van der Waals surface area contributed by atoms with Crippen LogP contribution in [-0.4, -0.2) is 50.0 Å². The Balaban J connectivity index is 1.22. The first-order chi connectivity index (χ1) is 15.2. The van der Waals surface area contributed by atoms with Gasteiger partial charge in [0, 0.05) is 49.8 Å². The van der Waals surface area contributed by atoms with Crippen molar-refractivity contribution in [3.8, 4) is 11.7 Å². The molecule has 0 radical (unpaired) electrons. The number of para-hydroxylation sites is 1. The Hall–Kier alpha value is -4.01. The molecule has 1 aliphatic heterocycles. The number of rotatable bonds is 4. The van der Waals surface area contributed by atoms with Gasteiger partial charge in [0.15, 0.2) is 5.82 Å². The van der Waals surface area contributed by atoms with E-state index in [0.717, 1.165) is 5.39 Å². The number of hydrogen-bond acceptors (Lipinski definition) is 7. The van der Waals surface area contributed by atoms with Gasteiger partial charge in [0.25, 0.3) is 5.91 Å². The maximum atomic E-state index is 12.9. The van der Waals surface area contributed by atoms with Gasteiger partial charge in [-0.05, 0) is 24.3 Å². The molecule has 1 fully saturated rings. The average Bonchev–Trinajstić information content (AvgIpc) is 3.34. The lowest BCUT2D eigenvalue weighted by molar-refractivity contribution is 0.0582. The van der Waals surface area contributed by atoms with Crippen LogP contribution < -0.4 is 10.4 Å². The molecule has 0 spiro atoms. The van der Waals surface area contributed by atoms with Gasteiger partial charge in [0.1, 0.15) is 17.3 Å². The van der Waals surface area contributed by atoms with Gasteiger partial charge in [-0.3, -0.25) is 4.79 Å². The number of carbonyl (C=O) groups excluding carboxylic acids is 1. The van der Waals surface area contributed by atoms with Gasteiger partial charge >= 0.3 is 5.63 Å². The molecule has 0 aliphatic carbocycles. The average molecular weight is 417 g/mol. The molecule has 9 heteroatoms. The van der Waals surface area contributed by atoms with E-state index >= 15 is 0 Å². The number of ether oxygens (including phenoxy) is 1. The minimum Gasteiger partial charge on any atom is -0.473 e. The molecule has 31 heavy (non-hydrogen) atoms. The van der Waals surface area contributed by atoms with E-state index in [1.54, 1.807) is 52.3 Å². The quantitative estimate of drug-likeness (QED) is 0.470. The first-order valence-electron chi connectivity index (χ1n) is 10.00. The lowest BCUT2D eigenvalue weighted by atomic mass is 10.1. The predicted molar refractivity (Wildman–Crippen MR) is 111 cm³/mol. The highest BCUT2D eigenvalue weighted by Gasteiger charge is 2.27. The molecule has 156 valence electrons. The van der Waals surface area contributed by atoms with Crippen LogP contribution in [0.4, 0.5) is 0 Å². The summed E-state index contributed by atoms with van der Waals surface area (Å²) in [5.74, 6) is 0.712. The molecule has 1 aromatic carbocycles. The molecule has 0 N–H and O–H groups in total. The molecule has 5 rings (SSSR count). The second kappa shape index (κ2) is 8.02. The van der Waals surface area contributed by atoms with Crippen LogP contribution in [0.5, 0.6) is 5.88 Å². The van der Waals surface area contributed by atoms with Gasteiger partial charge in [-0.2, -0.15) is 5.10 Å². The lowest BCUT2D eigenvalue weighted by Gasteiger charge is -2.31. The van der Waals surface area contributed by atoms with Crippen LogP contribution in [0.3, 0.4) is 0 Å². The maximum absolute atomic E-state index is 12.9. The molecule has 0 atom stereocenters. The maximum Gasteiger partial charge on any atom is 0.349 e. The van der Waals surface area contributed by atoms with E-state index in [2.05, 4.69) is 15.3 Å². The number of carbonyl (C=O) groups is 1. The van der Waals surface area contributed by atoms with Crippen LogP contribution in [0.25, 0.3) is 16.8 Å². The normalized spacial score (nSPS) is 14.6. The first kappa shape index (κ1) is 19.0. The van der Waals surface area contributed by atoms with E-state index in [4.69, 9.17) is 9.15 Å². The minimum atomic E-state index is -0.616. The SMILES string of the molecule is O=C(c1cc2ccccc2oc1=O)N1CCC(Oc2ccc(-n3cccn3)nn2)CC1. The summed E-state index contributed by atoms with van der Waals surface area (Å²) in [6.07, 6.45) is 4.64. The standard InChI is InChI=1S/C22H19N5O4/c28-21(17-14-15-4-1-2-5-18(15)31-22(17)29)26-12-8-16(9-13-26)30-20-7-6-19(24-25-20)27-11-3-10-23-27/h1-7,10-11,14,16H,8-9,12-13H2. The smallest absolute Gasteiger partial charge is 0.349 e. The Bertz CT molecular complexity index is 1260. The van der Waals surface area contributed by atoms with Crippen LogP contribution >= 0.6 is 0 Å². The van der Waals surface area contributed by atoms with Crippen molar-refractivity contribution in [2.45, 2.75) is 18.9 Å². The molecular formula is C22H19N5O4. The number of hydrogen-bond donors (Lipinski definition) is 0. The Morgan fingerprint density at radius 3 is 2.65 bits per heavy atom. The predicted octanol–water partition coefficient (Wildman–Crippen LogP) is 2.45. The summed E-state index contributed by atoms with van der Waals surface area (Å²) in [5, 5.41) is 13.1. The molecule has 4 heterocycles. The van der Waals surface area contributed by atoms with E-state index in [-0.39, 0.29) is 17.6 Å². The summed E-state index contributed by atoms with van der Waals surface area (Å²) in [6.45, 7) is 0.961. The number of fused-ring (bicyclic) bond motifs is 1. The molecule has 0 unspecified atom stereocenters. The Morgan fingerprint density at radius 1 is 1.06 bits per heavy atom. The van der Waals surface area contributed by atoms with Crippen molar-refractivity contribution in [3.63, 3.8) is 0 Å². The van der Waals surface area contributed by atoms with Crippen LogP contribution in [0.15, 0.2) is 70.1 Å². The summed E-state index contributed by atoms with van der Waals surface area (Å²) in [4.78, 5) is 26.8. The zero-order valence-electron chi connectivity index (χ0n) is 16.5. The van der Waals surface area contributed by atoms with Crippen molar-refractivity contribution < 1.29 is 13.9 Å². The van der Waals surface area contributed by atoms with Gasteiger partial charge in [0.05, 0.1) is 0 Å². The molecule has 0 saturated carbocycles. The van der Waals surface area contributed by atoms with Crippen molar-refractivity contribution in [2.24, 2.45) is 0 Å². The van der Waals surface area contributed by atoms with Crippen LogP contribution in [0, 0.1) is 0 Å². The third-order valence-corrected chi connectivity index (χ3v) is 5.25. The Morgan fingerprint density at radius 2 is 1.90 bits per heavy atom. The Kier molecular flexibility index (Phi) is 4.91. The van der Waals surface area contributed by atoms with Crippen molar-refractivity contribution in [1.82, 2.24) is 24.9 Å². The molecule has 1 amide bonds. The van der Waals surface area contributed by atoms with Crippen molar-refractivity contribution in [1.29, 1.82) is 0 Å². The zero-order chi connectivity index (χ0) is 21.2. The number of amides is 1. The highest BCUT2D eigenvalue weighted by molar-refractivity contribution is 5.96. The lowest BCUT2D eigenvalue weighted by Crippen LogP contribution is -2.43. The monoisotopic (exact) mass is 417 g/mol. The van der Waals surface area contributed by atoms with E-state index in [1.807, 2.05) is 18.2 Å². The van der Waals surface area contributed by atoms with Gasteiger partial charge in [0.2, 0.25) is 5.88 Å². The largest absolute Gasteiger partial charge is 0.473 e. The summed E-state index contributed by atoms with van der Waals surface area (Å²) in [6, 6.07) is 14.1. The number of aromatic nitrogens is 4. The second-order valence-corrected chi connectivity index (χ2v) is 7.28. The van der Waals surface area contributed by atoms with E-state index < -0.39 is 5.63 Å². The van der Waals surface area contributed by atoms with E-state index in [1.165, 1.54) is 0 Å². The fourth-order valence-electron chi connectivity index (χ4n) is 3.63. The van der Waals surface area contributed by atoms with Gasteiger partial charge in [-0.25, -0.2) is 9.48 Å². The summed E-state index contributed by atoms with van der Waals surface area (Å²) < 4.78 is 12.8. The third-order valence-electron chi connectivity index (χ3n) is 5.25. The number of benzene rings is 1. The number of likely N-dealkylation sites (tertiary alicyclic amines) is 1. The fourth-order valence-corrected chi connectivity index (χ4v) is 3.63. The highest BCUT2D eigenvalue weighted by Crippen LogP contribution is 2.20. The molecule has 1 saturated heterocycles. The van der Waals surface area contributed by atoms with E-state index in [9.17, 15) is 9.59 Å². The molecular weight excluding hydrogens is 398 g/mol. The van der Waals surface area contributed by atoms with Gasteiger partial charge in [-0.1, -0.05) is 18.2 Å². The summed E-state index contributed by atoms with van der Waals surface area (Å²) in [5.41, 5.74) is -0.0939. The van der Waals surface area contributed by atoms with Crippen molar-refractivity contribution >= 4 is 16.9 Å². The molecule has 3 aromatic heterocycles. The number of piperidine rings is 1. The van der Waals surface area contributed by atoms with E-state index in [0.29, 0.717) is 43.2 Å². The first-order valence-corrected chi connectivity index (χ1v) is 10.00. The van der Waals surface area contributed by atoms with Crippen molar-refractivity contribution in [3.05, 3.63) is 76.9 Å². The van der Waals surface area contributed by atoms with Gasteiger partial charge in [-0.15, -0.1) is 10.2 Å². The number of nitrogens with zero attached hydrogens (tertiary/aromatic N) is 5. The highest BCUT2D eigenvalue weighted by atomic mass is 16.5. The molecule has 9 nitrogen and oxygen atoms in total. The molecule has 1 aliphatic rings. The van der Waals surface area contributed by atoms with Crippen molar-refractivity contribution in [2.75, 3.05) is 13.1 Å². The minimum absolute atomic E-state index is 0.0538. The fraction of sp³-hybridized carbons (Fsp3) is 0.227.